The number of pyridine rings is 2. The third-order valence-corrected chi connectivity index (χ3v) is 4.23. The molecule has 0 fully saturated rings. The van der Waals surface area contributed by atoms with Crippen LogP contribution in [0.2, 0.25) is 0 Å². The second-order valence-corrected chi connectivity index (χ2v) is 6.12. The van der Waals surface area contributed by atoms with E-state index < -0.39 is 11.7 Å². The Morgan fingerprint density at radius 1 is 0.931 bits per heavy atom. The van der Waals surface area contributed by atoms with Gasteiger partial charge in [-0.1, -0.05) is 12.1 Å². The van der Waals surface area contributed by atoms with Gasteiger partial charge in [0.15, 0.2) is 5.69 Å². The molecule has 3 aromatic heterocycles. The smallest absolute Gasteiger partial charge is 0.276 e. The summed E-state index contributed by atoms with van der Waals surface area (Å²) in [6.07, 6.45) is 7.79. The number of nitrogens with one attached hydrogen (secondary N) is 1. The highest BCUT2D eigenvalue weighted by molar-refractivity contribution is 6.08. The van der Waals surface area contributed by atoms with Crippen molar-refractivity contribution in [1.29, 1.82) is 0 Å². The molecule has 3 N–H and O–H groups in total. The van der Waals surface area contributed by atoms with E-state index in [4.69, 9.17) is 5.73 Å². The number of carbonyl (C=O) groups excluding carboxylic acids is 1. The van der Waals surface area contributed by atoms with Gasteiger partial charge >= 0.3 is 0 Å². The predicted molar refractivity (Wildman–Crippen MR) is 107 cm³/mol. The van der Waals surface area contributed by atoms with Crippen molar-refractivity contribution >= 4 is 17.3 Å². The third-order valence-electron chi connectivity index (χ3n) is 4.23. The molecule has 0 aliphatic heterocycles. The van der Waals surface area contributed by atoms with E-state index in [1.165, 1.54) is 24.7 Å². The second kappa shape index (κ2) is 7.81. The Kier molecular flexibility index (Phi) is 4.90. The average molecular weight is 386 g/mol. The van der Waals surface area contributed by atoms with E-state index in [0.29, 0.717) is 22.5 Å². The molecule has 0 saturated carbocycles. The number of nitrogens with zero attached hydrogens (tertiary/aromatic N) is 4. The minimum Gasteiger partial charge on any atom is -0.397 e. The maximum absolute atomic E-state index is 14.1. The first-order valence-electron chi connectivity index (χ1n) is 8.65. The largest absolute Gasteiger partial charge is 0.397 e. The first-order chi connectivity index (χ1) is 14.1. The van der Waals surface area contributed by atoms with Gasteiger partial charge in [-0.25, -0.2) is 19.3 Å². The highest BCUT2D eigenvalue weighted by Crippen LogP contribution is 2.27. The molecule has 0 aliphatic rings. The van der Waals surface area contributed by atoms with E-state index in [-0.39, 0.29) is 16.9 Å². The maximum Gasteiger partial charge on any atom is 0.276 e. The number of rotatable bonds is 4. The second-order valence-electron chi connectivity index (χ2n) is 6.12. The van der Waals surface area contributed by atoms with E-state index in [1.54, 1.807) is 48.9 Å². The van der Waals surface area contributed by atoms with Gasteiger partial charge in [-0.15, -0.1) is 0 Å². The third kappa shape index (κ3) is 3.77. The summed E-state index contributed by atoms with van der Waals surface area (Å²) >= 11 is 0. The predicted octanol–water partition coefficient (Wildman–Crippen LogP) is 3.57. The zero-order valence-corrected chi connectivity index (χ0v) is 15.1. The lowest BCUT2D eigenvalue weighted by atomic mass is 10.1. The molecule has 0 saturated heterocycles. The summed E-state index contributed by atoms with van der Waals surface area (Å²) in [7, 11) is 0. The molecule has 8 heteroatoms. The van der Waals surface area contributed by atoms with Gasteiger partial charge in [0.2, 0.25) is 0 Å². The van der Waals surface area contributed by atoms with Crippen LogP contribution in [-0.4, -0.2) is 25.8 Å². The Labute approximate surface area is 165 Å². The van der Waals surface area contributed by atoms with E-state index in [2.05, 4.69) is 25.3 Å². The molecule has 1 aromatic carbocycles. The molecule has 4 aromatic rings. The van der Waals surface area contributed by atoms with E-state index in [0.717, 1.165) is 0 Å². The summed E-state index contributed by atoms with van der Waals surface area (Å²) in [6.45, 7) is 0. The fourth-order valence-corrected chi connectivity index (χ4v) is 2.84. The van der Waals surface area contributed by atoms with Crippen molar-refractivity contribution in [3.05, 3.63) is 85.1 Å². The molecule has 7 nitrogen and oxygen atoms in total. The van der Waals surface area contributed by atoms with Crippen LogP contribution in [0.5, 0.6) is 0 Å². The summed E-state index contributed by atoms with van der Waals surface area (Å²) in [5, 5.41) is 2.77. The Morgan fingerprint density at radius 2 is 1.72 bits per heavy atom. The molecule has 1 amide bonds. The lowest BCUT2D eigenvalue weighted by Crippen LogP contribution is -2.17. The first kappa shape index (κ1) is 18.2. The zero-order chi connectivity index (χ0) is 20.2. The molecule has 0 atom stereocenters. The average Bonchev–Trinajstić information content (AvgIpc) is 2.75. The number of hydrogen-bond donors (Lipinski definition) is 2. The molecule has 29 heavy (non-hydrogen) atoms. The number of anilines is 2. The van der Waals surface area contributed by atoms with Gasteiger partial charge < -0.3 is 11.1 Å². The number of nitrogen functional groups attached to an aromatic ring is 1. The van der Waals surface area contributed by atoms with Crippen LogP contribution >= 0.6 is 0 Å². The molecule has 3 heterocycles. The Morgan fingerprint density at radius 3 is 2.52 bits per heavy atom. The summed E-state index contributed by atoms with van der Waals surface area (Å²) in [5.74, 6) is -0.971. The van der Waals surface area contributed by atoms with Gasteiger partial charge in [-0.3, -0.25) is 9.78 Å². The van der Waals surface area contributed by atoms with Crippen molar-refractivity contribution in [2.45, 2.75) is 0 Å². The molecule has 4 rings (SSSR count). The highest BCUT2D eigenvalue weighted by atomic mass is 19.1. The molecule has 0 spiro atoms. The van der Waals surface area contributed by atoms with E-state index in [1.807, 2.05) is 0 Å². The van der Waals surface area contributed by atoms with Crippen molar-refractivity contribution in [2.75, 3.05) is 11.1 Å². The van der Waals surface area contributed by atoms with Crippen molar-refractivity contribution < 1.29 is 9.18 Å². The zero-order valence-electron chi connectivity index (χ0n) is 15.1. The summed E-state index contributed by atoms with van der Waals surface area (Å²) in [5.41, 5.74) is 8.57. The number of nitrogens with two attached hydrogens (primary N) is 1. The summed E-state index contributed by atoms with van der Waals surface area (Å²) in [6, 6.07) is 11.0. The number of amides is 1. The number of carbonyl (C=O) groups is 1. The standard InChI is InChI=1S/C21H15FN6O/c22-16-4-2-1-3-15(16)18-6-5-17(23)20(27-18)21(29)28-19-11-24-8-7-14(19)13-9-25-12-26-10-13/h1-12H,23H2,(H,28,29). The fraction of sp³-hybridized carbons (Fsp3) is 0. The minimum atomic E-state index is -0.535. The molecule has 0 aliphatic carbocycles. The van der Waals surface area contributed by atoms with Gasteiger partial charge in [0.05, 0.1) is 23.3 Å². The monoisotopic (exact) mass is 386 g/mol. The number of benzene rings is 1. The van der Waals surface area contributed by atoms with Gasteiger partial charge in [-0.2, -0.15) is 0 Å². The number of halogens is 1. The first-order valence-corrected chi connectivity index (χ1v) is 8.65. The van der Waals surface area contributed by atoms with Crippen molar-refractivity contribution in [3.63, 3.8) is 0 Å². The quantitative estimate of drug-likeness (QED) is 0.555. The van der Waals surface area contributed by atoms with E-state index >= 15 is 0 Å². The summed E-state index contributed by atoms with van der Waals surface area (Å²) in [4.78, 5) is 29.2. The number of hydrogen-bond acceptors (Lipinski definition) is 6. The lowest BCUT2D eigenvalue weighted by molar-refractivity contribution is 0.102. The molecule has 0 unspecified atom stereocenters. The fourth-order valence-electron chi connectivity index (χ4n) is 2.84. The highest BCUT2D eigenvalue weighted by Gasteiger charge is 2.17. The molecule has 142 valence electrons. The normalized spacial score (nSPS) is 10.5. The van der Waals surface area contributed by atoms with Crippen molar-refractivity contribution in [3.8, 4) is 22.4 Å². The van der Waals surface area contributed by atoms with Crippen LogP contribution in [0.1, 0.15) is 10.5 Å². The summed E-state index contributed by atoms with van der Waals surface area (Å²) < 4.78 is 14.1. The van der Waals surface area contributed by atoms with Crippen LogP contribution in [-0.2, 0) is 0 Å². The SMILES string of the molecule is Nc1ccc(-c2ccccc2F)nc1C(=O)Nc1cnccc1-c1cncnc1. The van der Waals surface area contributed by atoms with Crippen LogP contribution in [0.15, 0.2) is 73.6 Å². The van der Waals surface area contributed by atoms with Gasteiger partial charge in [0, 0.05) is 35.3 Å². The van der Waals surface area contributed by atoms with Gasteiger partial charge in [0.25, 0.3) is 5.91 Å². The lowest BCUT2D eigenvalue weighted by Gasteiger charge is -2.12. The molecular formula is C21H15FN6O. The van der Waals surface area contributed by atoms with Crippen LogP contribution in [0.25, 0.3) is 22.4 Å². The van der Waals surface area contributed by atoms with Gasteiger partial charge in [0.1, 0.15) is 12.1 Å². The van der Waals surface area contributed by atoms with Crippen molar-refractivity contribution in [2.24, 2.45) is 0 Å². The molecule has 0 radical (unpaired) electrons. The van der Waals surface area contributed by atoms with Crippen LogP contribution in [0.3, 0.4) is 0 Å². The Balaban J connectivity index is 1.69. The van der Waals surface area contributed by atoms with Gasteiger partial charge in [-0.05, 0) is 30.3 Å². The maximum atomic E-state index is 14.1. The van der Waals surface area contributed by atoms with Crippen LogP contribution < -0.4 is 11.1 Å². The van der Waals surface area contributed by atoms with E-state index in [9.17, 15) is 9.18 Å². The minimum absolute atomic E-state index is 0.00938. The van der Waals surface area contributed by atoms with Crippen LogP contribution in [0.4, 0.5) is 15.8 Å². The topological polar surface area (TPSA) is 107 Å². The Bertz CT molecular complexity index is 1180. The number of aromatic nitrogens is 4. The molecule has 0 bridgehead atoms. The Hall–Kier alpha value is -4.20. The van der Waals surface area contributed by atoms with Crippen molar-refractivity contribution in [1.82, 2.24) is 19.9 Å². The van der Waals surface area contributed by atoms with Crippen LogP contribution in [0, 0.1) is 5.82 Å². The molecular weight excluding hydrogens is 371 g/mol.